The second-order valence-corrected chi connectivity index (χ2v) is 5.71. The first-order chi connectivity index (χ1) is 10.1. The Balaban J connectivity index is 1.95. The van der Waals surface area contributed by atoms with Crippen LogP contribution in [0.5, 0.6) is 0 Å². The SMILES string of the molecule is COC(=O)Cn1ncc(NCCC2CCCN2)c(Br)c1=O. The van der Waals surface area contributed by atoms with Gasteiger partial charge in [0.25, 0.3) is 5.56 Å². The molecule has 1 aliphatic heterocycles. The molecule has 21 heavy (non-hydrogen) atoms. The molecule has 0 bridgehead atoms. The third kappa shape index (κ3) is 4.28. The van der Waals surface area contributed by atoms with Crippen LogP contribution in [0.4, 0.5) is 5.69 Å². The van der Waals surface area contributed by atoms with E-state index in [-0.39, 0.29) is 12.1 Å². The molecule has 0 saturated carbocycles. The summed E-state index contributed by atoms with van der Waals surface area (Å²) in [5.74, 6) is -0.510. The van der Waals surface area contributed by atoms with E-state index in [9.17, 15) is 9.59 Å². The van der Waals surface area contributed by atoms with Crippen LogP contribution >= 0.6 is 15.9 Å². The van der Waals surface area contributed by atoms with Gasteiger partial charge in [0.2, 0.25) is 0 Å². The van der Waals surface area contributed by atoms with E-state index in [0.717, 1.165) is 24.2 Å². The second kappa shape index (κ2) is 7.56. The number of methoxy groups -OCH3 is 1. The lowest BCUT2D eigenvalue weighted by Gasteiger charge is -2.13. The molecule has 2 N–H and O–H groups in total. The van der Waals surface area contributed by atoms with E-state index in [2.05, 4.69) is 36.4 Å². The summed E-state index contributed by atoms with van der Waals surface area (Å²) in [6.07, 6.45) is 4.95. The summed E-state index contributed by atoms with van der Waals surface area (Å²) >= 11 is 3.25. The van der Waals surface area contributed by atoms with Gasteiger partial charge in [-0.25, -0.2) is 4.68 Å². The Labute approximate surface area is 131 Å². The molecule has 1 aromatic rings. The smallest absolute Gasteiger partial charge is 0.327 e. The molecule has 116 valence electrons. The summed E-state index contributed by atoms with van der Waals surface area (Å²) in [4.78, 5) is 23.2. The lowest BCUT2D eigenvalue weighted by molar-refractivity contribution is -0.141. The first-order valence-electron chi connectivity index (χ1n) is 6.91. The number of aromatic nitrogens is 2. The maximum absolute atomic E-state index is 12.1. The van der Waals surface area contributed by atoms with Crippen LogP contribution in [-0.2, 0) is 16.1 Å². The Bertz CT molecular complexity index is 555. The molecule has 0 amide bonds. The van der Waals surface area contributed by atoms with Crippen LogP contribution in [0, 0.1) is 0 Å². The van der Waals surface area contributed by atoms with Gasteiger partial charge in [-0.15, -0.1) is 0 Å². The summed E-state index contributed by atoms with van der Waals surface area (Å²) < 4.78 is 5.97. The van der Waals surface area contributed by atoms with Gasteiger partial charge in [0.05, 0.1) is 19.0 Å². The molecule has 1 aromatic heterocycles. The highest BCUT2D eigenvalue weighted by molar-refractivity contribution is 9.10. The third-order valence-electron chi connectivity index (χ3n) is 3.46. The molecule has 0 aliphatic carbocycles. The van der Waals surface area contributed by atoms with Crippen LogP contribution in [0.15, 0.2) is 15.5 Å². The fourth-order valence-corrected chi connectivity index (χ4v) is 2.72. The number of halogens is 1. The first kappa shape index (κ1) is 16.0. The van der Waals surface area contributed by atoms with Gasteiger partial charge in [-0.05, 0) is 41.7 Å². The molecule has 0 spiro atoms. The minimum absolute atomic E-state index is 0.194. The Kier molecular flexibility index (Phi) is 5.75. The van der Waals surface area contributed by atoms with Gasteiger partial charge in [-0.1, -0.05) is 0 Å². The summed E-state index contributed by atoms with van der Waals surface area (Å²) in [6.45, 7) is 1.65. The summed E-state index contributed by atoms with van der Waals surface area (Å²) in [6, 6.07) is 0.545. The number of ether oxygens (including phenoxy) is 1. The molecule has 7 nitrogen and oxygen atoms in total. The highest BCUT2D eigenvalue weighted by Crippen LogP contribution is 2.17. The van der Waals surface area contributed by atoms with Crippen LogP contribution in [0.1, 0.15) is 19.3 Å². The zero-order chi connectivity index (χ0) is 15.2. The molecule has 1 fully saturated rings. The maximum atomic E-state index is 12.1. The molecule has 2 heterocycles. The van der Waals surface area contributed by atoms with Crippen molar-refractivity contribution in [2.75, 3.05) is 25.5 Å². The third-order valence-corrected chi connectivity index (χ3v) is 4.23. The number of hydrogen-bond acceptors (Lipinski definition) is 6. The van der Waals surface area contributed by atoms with E-state index in [1.54, 1.807) is 0 Å². The summed E-state index contributed by atoms with van der Waals surface area (Å²) in [7, 11) is 1.27. The van der Waals surface area contributed by atoms with Crippen LogP contribution in [0.25, 0.3) is 0 Å². The molecular formula is C13H19BrN4O3. The van der Waals surface area contributed by atoms with Gasteiger partial charge < -0.3 is 15.4 Å². The van der Waals surface area contributed by atoms with Crippen LogP contribution in [-0.4, -0.2) is 42.0 Å². The number of rotatable bonds is 6. The molecule has 0 radical (unpaired) electrons. The molecular weight excluding hydrogens is 340 g/mol. The number of anilines is 1. The molecule has 2 rings (SSSR count). The number of hydrogen-bond donors (Lipinski definition) is 2. The molecule has 1 unspecified atom stereocenters. The predicted octanol–water partition coefficient (Wildman–Crippen LogP) is 0.733. The largest absolute Gasteiger partial charge is 0.468 e. The molecule has 8 heteroatoms. The van der Waals surface area contributed by atoms with Crippen molar-refractivity contribution in [1.82, 2.24) is 15.1 Å². The zero-order valence-corrected chi connectivity index (χ0v) is 13.5. The van der Waals surface area contributed by atoms with E-state index in [1.807, 2.05) is 0 Å². The van der Waals surface area contributed by atoms with Gasteiger partial charge in [0.15, 0.2) is 0 Å². The van der Waals surface area contributed by atoms with E-state index >= 15 is 0 Å². The van der Waals surface area contributed by atoms with Crippen molar-refractivity contribution in [3.63, 3.8) is 0 Å². The summed E-state index contributed by atoms with van der Waals surface area (Å²) in [5, 5.41) is 10.6. The molecule has 1 aliphatic rings. The van der Waals surface area contributed by atoms with E-state index in [0.29, 0.717) is 16.2 Å². The topological polar surface area (TPSA) is 85.2 Å². The van der Waals surface area contributed by atoms with Crippen molar-refractivity contribution in [2.45, 2.75) is 31.8 Å². The normalized spacial score (nSPS) is 17.7. The van der Waals surface area contributed by atoms with E-state index < -0.39 is 5.97 Å². The van der Waals surface area contributed by atoms with E-state index in [4.69, 9.17) is 0 Å². The first-order valence-corrected chi connectivity index (χ1v) is 7.71. The van der Waals surface area contributed by atoms with Crippen molar-refractivity contribution < 1.29 is 9.53 Å². The van der Waals surface area contributed by atoms with Gasteiger partial charge in [0, 0.05) is 12.6 Å². The Morgan fingerprint density at radius 1 is 1.67 bits per heavy atom. The van der Waals surface area contributed by atoms with Gasteiger partial charge in [-0.3, -0.25) is 9.59 Å². The van der Waals surface area contributed by atoms with Crippen LogP contribution in [0.3, 0.4) is 0 Å². The predicted molar refractivity (Wildman–Crippen MR) is 82.3 cm³/mol. The standard InChI is InChI=1S/C13H19BrN4O3/c1-21-11(19)8-18-13(20)12(14)10(7-17-18)16-6-4-9-3-2-5-15-9/h7,9,15-16H,2-6,8H2,1H3. The van der Waals surface area contributed by atoms with Crippen molar-refractivity contribution in [3.05, 3.63) is 21.0 Å². The average molecular weight is 359 g/mol. The van der Waals surface area contributed by atoms with Gasteiger partial charge in [0.1, 0.15) is 11.0 Å². The quantitative estimate of drug-likeness (QED) is 0.729. The van der Waals surface area contributed by atoms with Crippen molar-refractivity contribution in [1.29, 1.82) is 0 Å². The number of esters is 1. The Hall–Kier alpha value is -1.41. The van der Waals surface area contributed by atoms with Crippen LogP contribution < -0.4 is 16.2 Å². The van der Waals surface area contributed by atoms with Crippen molar-refractivity contribution >= 4 is 27.6 Å². The minimum atomic E-state index is -0.510. The summed E-state index contributed by atoms with van der Waals surface area (Å²) in [5.41, 5.74) is 0.281. The minimum Gasteiger partial charge on any atom is -0.468 e. The number of carbonyl (C=O) groups excluding carboxylic acids is 1. The second-order valence-electron chi connectivity index (χ2n) is 4.92. The molecule has 1 atom stereocenters. The van der Waals surface area contributed by atoms with Gasteiger partial charge >= 0.3 is 5.97 Å². The van der Waals surface area contributed by atoms with Gasteiger partial charge in [-0.2, -0.15) is 5.10 Å². The van der Waals surface area contributed by atoms with Crippen molar-refractivity contribution in [3.8, 4) is 0 Å². The lowest BCUT2D eigenvalue weighted by atomic mass is 10.1. The van der Waals surface area contributed by atoms with E-state index in [1.165, 1.54) is 26.1 Å². The number of nitrogens with one attached hydrogen (secondary N) is 2. The zero-order valence-electron chi connectivity index (χ0n) is 11.9. The maximum Gasteiger partial charge on any atom is 0.327 e. The number of nitrogens with zero attached hydrogens (tertiary/aromatic N) is 2. The number of carbonyl (C=O) groups is 1. The highest BCUT2D eigenvalue weighted by Gasteiger charge is 2.14. The lowest BCUT2D eigenvalue weighted by Crippen LogP contribution is -2.29. The fourth-order valence-electron chi connectivity index (χ4n) is 2.27. The monoisotopic (exact) mass is 358 g/mol. The van der Waals surface area contributed by atoms with Crippen LogP contribution in [0.2, 0.25) is 0 Å². The Morgan fingerprint density at radius 3 is 3.14 bits per heavy atom. The molecule has 1 saturated heterocycles. The average Bonchev–Trinajstić information content (AvgIpc) is 2.99. The molecule has 0 aromatic carbocycles. The Morgan fingerprint density at radius 2 is 2.48 bits per heavy atom. The highest BCUT2D eigenvalue weighted by atomic mass is 79.9. The van der Waals surface area contributed by atoms with Crippen molar-refractivity contribution in [2.24, 2.45) is 0 Å². The fraction of sp³-hybridized carbons (Fsp3) is 0.615.